The van der Waals surface area contributed by atoms with Gasteiger partial charge in [-0.15, -0.1) is 0 Å². The Kier molecular flexibility index (Phi) is 4.06. The van der Waals surface area contributed by atoms with E-state index in [2.05, 4.69) is 0 Å². The van der Waals surface area contributed by atoms with E-state index in [4.69, 9.17) is 4.74 Å². The van der Waals surface area contributed by atoms with E-state index in [0.29, 0.717) is 10.8 Å². The largest absolute Gasteiger partial charge is 0.387 e. The highest BCUT2D eigenvalue weighted by molar-refractivity contribution is 14.1. The van der Waals surface area contributed by atoms with Crippen LogP contribution in [0.1, 0.15) is 6.23 Å². The van der Waals surface area contributed by atoms with E-state index >= 15 is 0 Å². The summed E-state index contributed by atoms with van der Waals surface area (Å²) in [6.45, 7) is 0. The Bertz CT molecular complexity index is 587. The molecule has 10 heteroatoms. The molecule has 19 heavy (non-hydrogen) atoms. The van der Waals surface area contributed by atoms with E-state index in [9.17, 15) is 29.3 Å². The Morgan fingerprint density at radius 3 is 2.58 bits per heavy atom. The molecule has 1 aromatic heterocycles. The Labute approximate surface area is 118 Å². The summed E-state index contributed by atoms with van der Waals surface area (Å²) in [5.41, 5.74) is -2.19. The number of hydrogen-bond donors (Lipinski definition) is 4. The van der Waals surface area contributed by atoms with Crippen LogP contribution in [-0.4, -0.2) is 47.3 Å². The van der Waals surface area contributed by atoms with Crippen LogP contribution in [0.4, 0.5) is 4.39 Å². The highest BCUT2D eigenvalue weighted by atomic mass is 127. The van der Waals surface area contributed by atoms with Crippen molar-refractivity contribution in [2.24, 2.45) is 0 Å². The molecule has 8 nitrogen and oxygen atoms in total. The van der Waals surface area contributed by atoms with Gasteiger partial charge >= 0.3 is 5.69 Å². The summed E-state index contributed by atoms with van der Waals surface area (Å²) in [6, 6.07) is 0. The van der Waals surface area contributed by atoms with Crippen LogP contribution < -0.4 is 11.2 Å². The summed E-state index contributed by atoms with van der Waals surface area (Å²) in [5, 5.41) is 28.7. The van der Waals surface area contributed by atoms with Crippen molar-refractivity contribution < 1.29 is 24.4 Å². The molecule has 0 saturated carbocycles. The molecule has 2 rings (SSSR count). The van der Waals surface area contributed by atoms with Gasteiger partial charge in [-0.05, 0) is 22.6 Å². The highest BCUT2D eigenvalue weighted by Crippen LogP contribution is 2.31. The predicted molar refractivity (Wildman–Crippen MR) is 67.2 cm³/mol. The fourth-order valence-corrected chi connectivity index (χ4v) is 2.39. The Morgan fingerprint density at radius 1 is 1.42 bits per heavy atom. The first kappa shape index (κ1) is 14.6. The van der Waals surface area contributed by atoms with Crippen molar-refractivity contribution in [2.45, 2.75) is 28.7 Å². The van der Waals surface area contributed by atoms with Gasteiger partial charge in [-0.2, -0.15) is 4.39 Å². The smallest absolute Gasteiger partial charge is 0.330 e. The van der Waals surface area contributed by atoms with Crippen molar-refractivity contribution in [2.75, 3.05) is 0 Å². The maximum atomic E-state index is 13.1. The molecule has 0 radical (unpaired) electrons. The Morgan fingerprint density at radius 2 is 2.05 bits per heavy atom. The minimum Gasteiger partial charge on any atom is -0.387 e. The summed E-state index contributed by atoms with van der Waals surface area (Å²) < 4.78 is 17.8. The molecule has 1 aliphatic rings. The number of rotatable bonds is 2. The van der Waals surface area contributed by atoms with Crippen LogP contribution in [0.2, 0.25) is 0 Å². The van der Waals surface area contributed by atoms with Gasteiger partial charge in [0.25, 0.3) is 5.56 Å². The minimum absolute atomic E-state index is 0.573. The summed E-state index contributed by atoms with van der Waals surface area (Å²) in [7, 11) is 0. The van der Waals surface area contributed by atoms with Gasteiger partial charge < -0.3 is 20.1 Å². The molecule has 1 aromatic rings. The quantitative estimate of drug-likeness (QED) is 0.345. The molecule has 1 aliphatic heterocycles. The second-order valence-electron chi connectivity index (χ2n) is 3.99. The monoisotopic (exact) mass is 388 g/mol. The highest BCUT2D eigenvalue weighted by Gasteiger charge is 2.46. The number of ether oxygens (including phenoxy) is 1. The van der Waals surface area contributed by atoms with Crippen molar-refractivity contribution in [1.29, 1.82) is 0 Å². The van der Waals surface area contributed by atoms with Gasteiger partial charge in [-0.25, -0.2) is 4.79 Å². The Hall–Kier alpha value is -0.820. The molecular formula is C9H10FIN2O6. The zero-order valence-electron chi connectivity index (χ0n) is 9.23. The molecule has 1 fully saturated rings. The van der Waals surface area contributed by atoms with Gasteiger partial charge in [0, 0.05) is 0 Å². The number of hydrogen-bond acceptors (Lipinski definition) is 6. The van der Waals surface area contributed by atoms with E-state index in [1.54, 1.807) is 27.6 Å². The van der Waals surface area contributed by atoms with Gasteiger partial charge in [-0.1, -0.05) is 0 Å². The summed E-state index contributed by atoms with van der Waals surface area (Å²) in [5.74, 6) is -1.23. The molecule has 5 atom stereocenters. The van der Waals surface area contributed by atoms with Crippen LogP contribution in [0, 0.1) is 5.82 Å². The van der Waals surface area contributed by atoms with Crippen LogP contribution in [0.5, 0.6) is 0 Å². The maximum absolute atomic E-state index is 13.1. The van der Waals surface area contributed by atoms with Crippen LogP contribution in [0.15, 0.2) is 15.8 Å². The van der Waals surface area contributed by atoms with Crippen molar-refractivity contribution in [3.63, 3.8) is 0 Å². The topological polar surface area (TPSA) is 125 Å². The number of aliphatic hydroxyl groups is 3. The molecule has 2 heterocycles. The third kappa shape index (κ3) is 2.58. The molecule has 0 spiro atoms. The molecule has 1 saturated heterocycles. The van der Waals surface area contributed by atoms with Gasteiger partial charge in [-0.3, -0.25) is 14.3 Å². The molecule has 0 amide bonds. The van der Waals surface area contributed by atoms with Gasteiger partial charge in [0.05, 0.1) is 6.20 Å². The molecular weight excluding hydrogens is 378 g/mol. The number of nitrogens with zero attached hydrogens (tertiary/aromatic N) is 1. The van der Waals surface area contributed by atoms with Crippen LogP contribution >= 0.6 is 22.6 Å². The second kappa shape index (κ2) is 5.28. The average Bonchev–Trinajstić information content (AvgIpc) is 2.62. The fourth-order valence-electron chi connectivity index (χ4n) is 1.79. The zero-order chi connectivity index (χ0) is 14.3. The van der Waals surface area contributed by atoms with Crippen LogP contribution in [-0.2, 0) is 4.74 Å². The number of aromatic nitrogens is 2. The van der Waals surface area contributed by atoms with Gasteiger partial charge in [0.1, 0.15) is 22.4 Å². The lowest BCUT2D eigenvalue weighted by Gasteiger charge is -2.17. The normalized spacial score (nSPS) is 32.5. The third-order valence-electron chi connectivity index (χ3n) is 2.74. The van der Waals surface area contributed by atoms with E-state index in [-0.39, 0.29) is 0 Å². The molecule has 0 aliphatic carbocycles. The number of alkyl halides is 1. The molecule has 0 aromatic carbocycles. The van der Waals surface area contributed by atoms with Crippen molar-refractivity contribution in [3.05, 3.63) is 32.9 Å². The lowest BCUT2D eigenvalue weighted by Crippen LogP contribution is -2.39. The molecule has 0 bridgehead atoms. The number of nitrogens with one attached hydrogen (secondary N) is 1. The summed E-state index contributed by atoms with van der Waals surface area (Å²) >= 11 is 1.56. The molecule has 1 unspecified atom stereocenters. The number of aliphatic hydroxyl groups excluding tert-OH is 3. The predicted octanol–water partition coefficient (Wildman–Crippen LogP) is -1.95. The lowest BCUT2D eigenvalue weighted by molar-refractivity contribution is -0.0597. The van der Waals surface area contributed by atoms with Crippen LogP contribution in [0.3, 0.4) is 0 Å². The number of H-pyrrole nitrogens is 1. The van der Waals surface area contributed by atoms with Crippen molar-refractivity contribution in [1.82, 2.24) is 9.55 Å². The zero-order valence-corrected chi connectivity index (χ0v) is 11.4. The van der Waals surface area contributed by atoms with E-state index in [0.717, 1.165) is 0 Å². The average molecular weight is 388 g/mol. The van der Waals surface area contributed by atoms with Crippen molar-refractivity contribution in [3.8, 4) is 0 Å². The van der Waals surface area contributed by atoms with Gasteiger partial charge in [0.15, 0.2) is 6.23 Å². The van der Waals surface area contributed by atoms with E-state index in [1.807, 2.05) is 0 Å². The first-order valence-electron chi connectivity index (χ1n) is 5.17. The third-order valence-corrected chi connectivity index (χ3v) is 3.45. The van der Waals surface area contributed by atoms with Crippen molar-refractivity contribution >= 4 is 22.6 Å². The standard InChI is InChI=1S/C9H10FIN2O6/c10-2-1-13(9(18)12-7(2)17)8-4(15)3(14)5(19-8)6(11)16/h1,3-6,8,14-16H,(H,12,17,18)/t3-,4+,5-,6?,8+/m0/s1. The van der Waals surface area contributed by atoms with E-state index < -0.39 is 45.7 Å². The van der Waals surface area contributed by atoms with E-state index in [1.165, 1.54) is 0 Å². The molecule has 4 N–H and O–H groups in total. The van der Waals surface area contributed by atoms with Crippen LogP contribution in [0.25, 0.3) is 0 Å². The SMILES string of the molecule is O=c1[nH]c(=O)n([C@@H]2O[C@H](C(O)I)[C@@H](O)[C@H]2O)cc1F. The first-order chi connectivity index (χ1) is 8.82. The lowest BCUT2D eigenvalue weighted by atomic mass is 10.1. The molecule has 106 valence electrons. The number of aromatic amines is 1. The number of halogens is 2. The second-order valence-corrected chi connectivity index (χ2v) is 5.26. The summed E-state index contributed by atoms with van der Waals surface area (Å²) in [6.07, 6.45) is -4.95. The minimum atomic E-state index is -1.54. The fraction of sp³-hybridized carbons (Fsp3) is 0.556. The maximum Gasteiger partial charge on any atom is 0.330 e. The Balaban J connectivity index is 2.41. The van der Waals surface area contributed by atoms with Gasteiger partial charge in [0.2, 0.25) is 5.82 Å². The summed E-state index contributed by atoms with van der Waals surface area (Å²) in [4.78, 5) is 24.1. The first-order valence-corrected chi connectivity index (χ1v) is 6.42.